The fourth-order valence-corrected chi connectivity index (χ4v) is 3.47. The number of nitrogens with one attached hydrogen (secondary N) is 1. The van der Waals surface area contributed by atoms with Gasteiger partial charge in [-0.3, -0.25) is 4.79 Å². The van der Waals surface area contributed by atoms with Crippen molar-refractivity contribution < 1.29 is 9.21 Å². The predicted molar refractivity (Wildman–Crippen MR) is 74.6 cm³/mol. The van der Waals surface area contributed by atoms with Crippen LogP contribution in [0.5, 0.6) is 0 Å². The summed E-state index contributed by atoms with van der Waals surface area (Å²) in [5.74, 6) is 3.07. The van der Waals surface area contributed by atoms with Gasteiger partial charge in [-0.2, -0.15) is 11.8 Å². The van der Waals surface area contributed by atoms with E-state index in [1.54, 1.807) is 0 Å². The van der Waals surface area contributed by atoms with E-state index in [-0.39, 0.29) is 5.91 Å². The van der Waals surface area contributed by atoms with Crippen molar-refractivity contribution in [2.45, 2.75) is 18.8 Å². The van der Waals surface area contributed by atoms with Gasteiger partial charge in [0, 0.05) is 37.1 Å². The van der Waals surface area contributed by atoms with E-state index >= 15 is 0 Å². The number of nitrogens with zero attached hydrogens (tertiary/aromatic N) is 2. The third-order valence-electron chi connectivity index (χ3n) is 3.69. The van der Waals surface area contributed by atoms with Crippen LogP contribution in [0.25, 0.3) is 0 Å². The van der Waals surface area contributed by atoms with E-state index in [4.69, 9.17) is 4.42 Å². The van der Waals surface area contributed by atoms with Crippen molar-refractivity contribution in [3.63, 3.8) is 0 Å². The molecule has 0 bridgehead atoms. The molecule has 2 fully saturated rings. The monoisotopic (exact) mass is 281 g/mol. The molecule has 1 unspecified atom stereocenters. The molecule has 104 valence electrons. The molecule has 1 aromatic heterocycles. The van der Waals surface area contributed by atoms with E-state index in [0.29, 0.717) is 17.5 Å². The molecule has 2 aliphatic rings. The van der Waals surface area contributed by atoms with Gasteiger partial charge in [-0.25, -0.2) is 4.98 Å². The van der Waals surface area contributed by atoms with E-state index in [0.717, 1.165) is 50.5 Å². The Hall–Kier alpha value is -1.01. The summed E-state index contributed by atoms with van der Waals surface area (Å²) in [5.41, 5.74) is 0.465. The molecule has 1 atom stereocenters. The number of hydrogen-bond acceptors (Lipinski definition) is 5. The van der Waals surface area contributed by atoms with Gasteiger partial charge in [-0.1, -0.05) is 0 Å². The summed E-state index contributed by atoms with van der Waals surface area (Å²) in [7, 11) is 0. The molecule has 2 aliphatic heterocycles. The highest BCUT2D eigenvalue weighted by atomic mass is 32.2. The summed E-state index contributed by atoms with van der Waals surface area (Å²) >= 11 is 1.89. The van der Waals surface area contributed by atoms with E-state index in [2.05, 4.69) is 10.3 Å². The van der Waals surface area contributed by atoms with Gasteiger partial charge in [-0.05, 0) is 19.4 Å². The Morgan fingerprint density at radius 2 is 2.32 bits per heavy atom. The van der Waals surface area contributed by atoms with Gasteiger partial charge in [0.2, 0.25) is 0 Å². The minimum absolute atomic E-state index is 0.0130. The maximum atomic E-state index is 12.3. The number of amides is 1. The normalized spacial score (nSPS) is 24.4. The van der Waals surface area contributed by atoms with Crippen LogP contribution in [0.15, 0.2) is 10.7 Å². The van der Waals surface area contributed by atoms with Crippen LogP contribution in [0.2, 0.25) is 0 Å². The lowest BCUT2D eigenvalue weighted by atomic mass is 10.00. The van der Waals surface area contributed by atoms with Crippen LogP contribution in [0.3, 0.4) is 0 Å². The van der Waals surface area contributed by atoms with Crippen LogP contribution in [-0.4, -0.2) is 53.5 Å². The van der Waals surface area contributed by atoms with E-state index < -0.39 is 0 Å². The summed E-state index contributed by atoms with van der Waals surface area (Å²) in [4.78, 5) is 18.6. The number of thioether (sulfide) groups is 1. The summed E-state index contributed by atoms with van der Waals surface area (Å²) in [6.45, 7) is 3.59. The molecule has 2 saturated heterocycles. The largest absolute Gasteiger partial charge is 0.448 e. The molecule has 1 aromatic rings. The SMILES string of the molecule is O=C(c1coc(C2CCCNC2)n1)N1CCSCC1. The highest BCUT2D eigenvalue weighted by Gasteiger charge is 2.25. The lowest BCUT2D eigenvalue weighted by molar-refractivity contribution is 0.0766. The number of aromatic nitrogens is 1. The molecule has 5 nitrogen and oxygen atoms in total. The second-order valence-corrected chi connectivity index (χ2v) is 6.24. The third-order valence-corrected chi connectivity index (χ3v) is 4.63. The Kier molecular flexibility index (Phi) is 4.08. The van der Waals surface area contributed by atoms with Crippen LogP contribution in [0.4, 0.5) is 0 Å². The average Bonchev–Trinajstić information content (AvgIpc) is 2.98. The molecule has 0 spiro atoms. The van der Waals surface area contributed by atoms with Gasteiger partial charge >= 0.3 is 0 Å². The van der Waals surface area contributed by atoms with Crippen LogP contribution in [0, 0.1) is 0 Å². The predicted octanol–water partition coefficient (Wildman–Crippen LogP) is 1.33. The summed E-state index contributed by atoms with van der Waals surface area (Å²) < 4.78 is 5.51. The quantitative estimate of drug-likeness (QED) is 0.886. The molecule has 19 heavy (non-hydrogen) atoms. The Morgan fingerprint density at radius 3 is 3.05 bits per heavy atom. The van der Waals surface area contributed by atoms with Gasteiger partial charge in [0.05, 0.1) is 0 Å². The molecular weight excluding hydrogens is 262 g/mol. The Bertz CT molecular complexity index is 437. The van der Waals surface area contributed by atoms with Gasteiger partial charge < -0.3 is 14.6 Å². The topological polar surface area (TPSA) is 58.4 Å². The first-order valence-electron chi connectivity index (χ1n) is 6.88. The number of hydrogen-bond donors (Lipinski definition) is 1. The third kappa shape index (κ3) is 2.95. The first-order chi connectivity index (χ1) is 9.34. The van der Waals surface area contributed by atoms with Crippen molar-refractivity contribution in [2.75, 3.05) is 37.7 Å². The average molecular weight is 281 g/mol. The zero-order valence-electron chi connectivity index (χ0n) is 10.9. The minimum Gasteiger partial charge on any atom is -0.448 e. The summed E-state index contributed by atoms with van der Waals surface area (Å²) in [6.07, 6.45) is 3.75. The molecular formula is C13H19N3O2S. The first kappa shape index (κ1) is 13.0. The summed E-state index contributed by atoms with van der Waals surface area (Å²) in [5, 5.41) is 3.34. The Balaban J connectivity index is 1.67. The molecule has 0 saturated carbocycles. The van der Waals surface area contributed by atoms with Gasteiger partial charge in [0.25, 0.3) is 5.91 Å². The zero-order chi connectivity index (χ0) is 13.1. The number of carbonyl (C=O) groups excluding carboxylic acids is 1. The molecule has 0 aromatic carbocycles. The highest BCUT2D eigenvalue weighted by molar-refractivity contribution is 7.99. The molecule has 6 heteroatoms. The second kappa shape index (κ2) is 5.96. The molecule has 1 amide bonds. The molecule has 3 heterocycles. The lowest BCUT2D eigenvalue weighted by Crippen LogP contribution is -2.38. The van der Waals surface area contributed by atoms with Crippen molar-refractivity contribution in [1.29, 1.82) is 0 Å². The van der Waals surface area contributed by atoms with Crippen LogP contribution in [0.1, 0.15) is 35.1 Å². The second-order valence-electron chi connectivity index (χ2n) is 5.02. The van der Waals surface area contributed by atoms with Crippen molar-refractivity contribution in [1.82, 2.24) is 15.2 Å². The van der Waals surface area contributed by atoms with Gasteiger partial charge in [0.1, 0.15) is 6.26 Å². The van der Waals surface area contributed by atoms with Crippen LogP contribution in [-0.2, 0) is 0 Å². The molecule has 1 N–H and O–H groups in total. The van der Waals surface area contributed by atoms with E-state index in [9.17, 15) is 4.79 Å². The number of oxazole rings is 1. The maximum Gasteiger partial charge on any atom is 0.275 e. The molecule has 0 radical (unpaired) electrons. The van der Waals surface area contributed by atoms with Crippen LogP contribution >= 0.6 is 11.8 Å². The lowest BCUT2D eigenvalue weighted by Gasteiger charge is -2.25. The van der Waals surface area contributed by atoms with E-state index in [1.807, 2.05) is 16.7 Å². The fraction of sp³-hybridized carbons (Fsp3) is 0.692. The zero-order valence-corrected chi connectivity index (χ0v) is 11.7. The van der Waals surface area contributed by atoms with Gasteiger partial charge in [-0.15, -0.1) is 0 Å². The number of piperidine rings is 1. The number of rotatable bonds is 2. The van der Waals surface area contributed by atoms with Crippen molar-refractivity contribution in [3.8, 4) is 0 Å². The summed E-state index contributed by atoms with van der Waals surface area (Å²) in [6, 6.07) is 0. The smallest absolute Gasteiger partial charge is 0.275 e. The van der Waals surface area contributed by atoms with Crippen molar-refractivity contribution in [3.05, 3.63) is 17.8 Å². The minimum atomic E-state index is 0.0130. The molecule has 0 aliphatic carbocycles. The van der Waals surface area contributed by atoms with Gasteiger partial charge in [0.15, 0.2) is 11.6 Å². The Morgan fingerprint density at radius 1 is 1.47 bits per heavy atom. The van der Waals surface area contributed by atoms with E-state index in [1.165, 1.54) is 6.26 Å². The van der Waals surface area contributed by atoms with Crippen molar-refractivity contribution in [2.24, 2.45) is 0 Å². The standard InChI is InChI=1S/C13H19N3O2S/c17-13(16-4-6-19-7-5-16)11-9-18-12(15-11)10-2-1-3-14-8-10/h9-10,14H,1-8H2. The van der Waals surface area contributed by atoms with Crippen molar-refractivity contribution >= 4 is 17.7 Å². The maximum absolute atomic E-state index is 12.3. The van der Waals surface area contributed by atoms with Crippen LogP contribution < -0.4 is 5.32 Å². The first-order valence-corrected chi connectivity index (χ1v) is 8.03. The highest BCUT2D eigenvalue weighted by Crippen LogP contribution is 2.23. The Labute approximate surface area is 117 Å². The fourth-order valence-electron chi connectivity index (χ4n) is 2.56. The number of carbonyl (C=O) groups is 1. The molecule has 3 rings (SSSR count).